The topological polar surface area (TPSA) is 32.5 Å². The SMILES string of the molecule is Cc1ccccc1C(C(C)N)N1CCN(C)C(C)C1. The fourth-order valence-corrected chi connectivity index (χ4v) is 3.06. The van der Waals surface area contributed by atoms with E-state index in [4.69, 9.17) is 5.73 Å². The highest BCUT2D eigenvalue weighted by Crippen LogP contribution is 2.28. The lowest BCUT2D eigenvalue weighted by atomic mass is 9.94. The third kappa shape index (κ3) is 3.16. The molecule has 1 aliphatic rings. The number of hydrogen-bond acceptors (Lipinski definition) is 3. The zero-order chi connectivity index (χ0) is 14.0. The molecule has 106 valence electrons. The van der Waals surface area contributed by atoms with Gasteiger partial charge in [-0.2, -0.15) is 0 Å². The summed E-state index contributed by atoms with van der Waals surface area (Å²) in [6, 6.07) is 9.71. The molecule has 1 saturated heterocycles. The largest absolute Gasteiger partial charge is 0.326 e. The van der Waals surface area contributed by atoms with Crippen molar-refractivity contribution in [3.63, 3.8) is 0 Å². The van der Waals surface area contributed by atoms with Gasteiger partial charge in [-0.05, 0) is 38.9 Å². The van der Waals surface area contributed by atoms with E-state index in [9.17, 15) is 0 Å². The van der Waals surface area contributed by atoms with Crippen molar-refractivity contribution in [1.29, 1.82) is 0 Å². The van der Waals surface area contributed by atoms with Gasteiger partial charge in [0.15, 0.2) is 0 Å². The first-order valence-electron chi connectivity index (χ1n) is 7.26. The molecule has 2 N–H and O–H groups in total. The van der Waals surface area contributed by atoms with E-state index in [1.165, 1.54) is 11.1 Å². The number of aryl methyl sites for hydroxylation is 1. The van der Waals surface area contributed by atoms with E-state index in [1.54, 1.807) is 0 Å². The Bertz CT molecular complexity index is 416. The number of hydrogen-bond donors (Lipinski definition) is 1. The maximum Gasteiger partial charge on any atom is 0.0500 e. The lowest BCUT2D eigenvalue weighted by Gasteiger charge is -2.43. The van der Waals surface area contributed by atoms with Crippen molar-refractivity contribution in [2.45, 2.75) is 38.9 Å². The van der Waals surface area contributed by atoms with Crippen LogP contribution in [0, 0.1) is 6.92 Å². The maximum absolute atomic E-state index is 6.29. The van der Waals surface area contributed by atoms with Crippen molar-refractivity contribution >= 4 is 0 Å². The molecule has 2 rings (SSSR count). The Hall–Kier alpha value is -0.900. The smallest absolute Gasteiger partial charge is 0.0500 e. The van der Waals surface area contributed by atoms with Crippen LogP contribution >= 0.6 is 0 Å². The molecule has 0 spiro atoms. The highest BCUT2D eigenvalue weighted by molar-refractivity contribution is 5.30. The van der Waals surface area contributed by atoms with E-state index >= 15 is 0 Å². The molecule has 0 bridgehead atoms. The molecule has 3 heteroatoms. The van der Waals surface area contributed by atoms with Crippen LogP contribution in [-0.2, 0) is 0 Å². The predicted octanol–water partition coefficient (Wildman–Crippen LogP) is 2.02. The van der Waals surface area contributed by atoms with Crippen LogP contribution in [0.15, 0.2) is 24.3 Å². The van der Waals surface area contributed by atoms with E-state index in [2.05, 4.69) is 61.9 Å². The predicted molar refractivity (Wildman–Crippen MR) is 81.2 cm³/mol. The Morgan fingerprint density at radius 3 is 2.53 bits per heavy atom. The third-order valence-corrected chi connectivity index (χ3v) is 4.39. The second-order valence-corrected chi connectivity index (χ2v) is 5.99. The molecule has 3 nitrogen and oxygen atoms in total. The van der Waals surface area contributed by atoms with E-state index in [0.29, 0.717) is 12.1 Å². The van der Waals surface area contributed by atoms with Crippen LogP contribution in [-0.4, -0.2) is 48.6 Å². The zero-order valence-electron chi connectivity index (χ0n) is 12.6. The fourth-order valence-electron chi connectivity index (χ4n) is 3.06. The standard InChI is InChI=1S/C16H27N3/c1-12-7-5-6-8-15(12)16(14(3)17)19-10-9-18(4)13(2)11-19/h5-8,13-14,16H,9-11,17H2,1-4H3. The van der Waals surface area contributed by atoms with Gasteiger partial charge in [-0.25, -0.2) is 0 Å². The van der Waals surface area contributed by atoms with Gasteiger partial charge in [0.25, 0.3) is 0 Å². The van der Waals surface area contributed by atoms with Gasteiger partial charge in [-0.1, -0.05) is 24.3 Å². The summed E-state index contributed by atoms with van der Waals surface area (Å²) >= 11 is 0. The van der Waals surface area contributed by atoms with Gasteiger partial charge in [0, 0.05) is 37.8 Å². The summed E-state index contributed by atoms with van der Waals surface area (Å²) in [5, 5.41) is 0. The molecule has 1 aromatic carbocycles. The summed E-state index contributed by atoms with van der Waals surface area (Å²) in [5.41, 5.74) is 9.02. The summed E-state index contributed by atoms with van der Waals surface area (Å²) in [6.45, 7) is 9.92. The Balaban J connectivity index is 2.24. The normalized spacial score (nSPS) is 25.2. The number of likely N-dealkylation sites (N-methyl/N-ethyl adjacent to an activating group) is 1. The van der Waals surface area contributed by atoms with Crippen molar-refractivity contribution in [3.05, 3.63) is 35.4 Å². The summed E-state index contributed by atoms with van der Waals surface area (Å²) in [6.07, 6.45) is 0. The van der Waals surface area contributed by atoms with E-state index in [-0.39, 0.29) is 6.04 Å². The van der Waals surface area contributed by atoms with Crippen molar-refractivity contribution in [2.75, 3.05) is 26.7 Å². The maximum atomic E-state index is 6.29. The minimum atomic E-state index is 0.150. The molecule has 1 fully saturated rings. The number of benzene rings is 1. The summed E-state index contributed by atoms with van der Waals surface area (Å²) in [7, 11) is 2.21. The molecular formula is C16H27N3. The van der Waals surface area contributed by atoms with Crippen molar-refractivity contribution in [2.24, 2.45) is 5.73 Å². The van der Waals surface area contributed by atoms with Crippen molar-refractivity contribution in [3.8, 4) is 0 Å². The van der Waals surface area contributed by atoms with Crippen LogP contribution in [0.5, 0.6) is 0 Å². The minimum Gasteiger partial charge on any atom is -0.326 e. The van der Waals surface area contributed by atoms with Crippen LogP contribution in [0.2, 0.25) is 0 Å². The van der Waals surface area contributed by atoms with Crippen LogP contribution in [0.4, 0.5) is 0 Å². The molecule has 1 aromatic rings. The number of rotatable bonds is 3. The van der Waals surface area contributed by atoms with Crippen LogP contribution < -0.4 is 5.73 Å². The highest BCUT2D eigenvalue weighted by atomic mass is 15.3. The third-order valence-electron chi connectivity index (χ3n) is 4.39. The molecule has 0 aliphatic carbocycles. The van der Waals surface area contributed by atoms with E-state index in [1.807, 2.05) is 0 Å². The first-order chi connectivity index (χ1) is 9.00. The quantitative estimate of drug-likeness (QED) is 0.903. The lowest BCUT2D eigenvalue weighted by molar-refractivity contribution is 0.0636. The fraction of sp³-hybridized carbons (Fsp3) is 0.625. The number of nitrogens with zero attached hydrogens (tertiary/aromatic N) is 2. The molecule has 0 amide bonds. The van der Waals surface area contributed by atoms with Gasteiger partial charge < -0.3 is 10.6 Å². The van der Waals surface area contributed by atoms with Crippen LogP contribution in [0.3, 0.4) is 0 Å². The van der Waals surface area contributed by atoms with Gasteiger partial charge in [-0.3, -0.25) is 4.90 Å². The van der Waals surface area contributed by atoms with Gasteiger partial charge in [-0.15, -0.1) is 0 Å². The summed E-state index contributed by atoms with van der Waals surface area (Å²) in [4.78, 5) is 4.98. The first-order valence-corrected chi connectivity index (χ1v) is 7.26. The minimum absolute atomic E-state index is 0.150. The first kappa shape index (κ1) is 14.5. The van der Waals surface area contributed by atoms with E-state index in [0.717, 1.165) is 19.6 Å². The Labute approximate surface area is 117 Å². The summed E-state index contributed by atoms with van der Waals surface area (Å²) in [5.74, 6) is 0. The molecule has 1 heterocycles. The second kappa shape index (κ2) is 6.04. The molecule has 0 saturated carbocycles. The lowest BCUT2D eigenvalue weighted by Crippen LogP contribution is -2.53. The molecule has 3 atom stereocenters. The molecule has 1 aliphatic heterocycles. The molecular weight excluding hydrogens is 234 g/mol. The van der Waals surface area contributed by atoms with Crippen molar-refractivity contribution in [1.82, 2.24) is 9.80 Å². The number of nitrogens with two attached hydrogens (primary N) is 1. The van der Waals surface area contributed by atoms with Gasteiger partial charge in [0.2, 0.25) is 0 Å². The highest BCUT2D eigenvalue weighted by Gasteiger charge is 2.30. The average molecular weight is 261 g/mol. The molecule has 19 heavy (non-hydrogen) atoms. The van der Waals surface area contributed by atoms with Gasteiger partial charge >= 0.3 is 0 Å². The molecule has 0 aromatic heterocycles. The zero-order valence-corrected chi connectivity index (χ0v) is 12.6. The van der Waals surface area contributed by atoms with Gasteiger partial charge in [0.05, 0.1) is 0 Å². The van der Waals surface area contributed by atoms with Gasteiger partial charge in [0.1, 0.15) is 0 Å². The monoisotopic (exact) mass is 261 g/mol. The number of piperazine rings is 1. The second-order valence-electron chi connectivity index (χ2n) is 5.99. The average Bonchev–Trinajstić information content (AvgIpc) is 2.36. The van der Waals surface area contributed by atoms with Crippen molar-refractivity contribution < 1.29 is 0 Å². The molecule has 0 radical (unpaired) electrons. The van der Waals surface area contributed by atoms with Crippen LogP contribution in [0.1, 0.15) is 31.0 Å². The Morgan fingerprint density at radius 1 is 1.26 bits per heavy atom. The van der Waals surface area contributed by atoms with Crippen LogP contribution in [0.25, 0.3) is 0 Å². The van der Waals surface area contributed by atoms with E-state index < -0.39 is 0 Å². The molecule has 3 unspecified atom stereocenters. The Kier molecular flexibility index (Phi) is 4.61. The summed E-state index contributed by atoms with van der Waals surface area (Å²) < 4.78 is 0. The Morgan fingerprint density at radius 2 is 1.95 bits per heavy atom.